The van der Waals surface area contributed by atoms with Crippen LogP contribution < -0.4 is 5.32 Å². The first kappa shape index (κ1) is 17.2. The Kier molecular flexibility index (Phi) is 9.40. The van der Waals surface area contributed by atoms with Crippen molar-refractivity contribution in [1.29, 1.82) is 0 Å². The van der Waals surface area contributed by atoms with Crippen LogP contribution in [0.2, 0.25) is 0 Å². The van der Waals surface area contributed by atoms with Gasteiger partial charge in [-0.25, -0.2) is 0 Å². The molecular formula is C19H33N. The zero-order valence-electron chi connectivity index (χ0n) is 13.8. The lowest BCUT2D eigenvalue weighted by Crippen LogP contribution is -2.22. The first-order valence-corrected chi connectivity index (χ1v) is 8.64. The number of hydrogen-bond acceptors (Lipinski definition) is 1. The lowest BCUT2D eigenvalue weighted by atomic mass is 9.97. The summed E-state index contributed by atoms with van der Waals surface area (Å²) >= 11 is 0. The molecule has 1 aromatic rings. The number of nitrogens with one attached hydrogen (secondary N) is 1. The van der Waals surface area contributed by atoms with Crippen LogP contribution in [0.25, 0.3) is 0 Å². The minimum absolute atomic E-state index is 0.545. The van der Waals surface area contributed by atoms with Crippen molar-refractivity contribution < 1.29 is 0 Å². The molecule has 0 spiro atoms. The monoisotopic (exact) mass is 275 g/mol. The molecule has 20 heavy (non-hydrogen) atoms. The third kappa shape index (κ3) is 6.56. The van der Waals surface area contributed by atoms with E-state index >= 15 is 0 Å². The van der Waals surface area contributed by atoms with E-state index in [0.717, 1.165) is 13.0 Å². The molecule has 0 fully saturated rings. The molecule has 0 aromatic heterocycles. The minimum atomic E-state index is 0.545. The fraction of sp³-hybridized carbons (Fsp3) is 0.684. The number of rotatable bonds is 11. The Morgan fingerprint density at radius 3 is 2.45 bits per heavy atom. The van der Waals surface area contributed by atoms with Crippen LogP contribution in [0.4, 0.5) is 0 Å². The van der Waals surface area contributed by atoms with Gasteiger partial charge in [0.05, 0.1) is 0 Å². The first-order chi connectivity index (χ1) is 9.81. The topological polar surface area (TPSA) is 12.0 Å². The summed E-state index contributed by atoms with van der Waals surface area (Å²) in [5.74, 6) is 0. The van der Waals surface area contributed by atoms with Crippen molar-refractivity contribution in [1.82, 2.24) is 5.32 Å². The van der Waals surface area contributed by atoms with Gasteiger partial charge < -0.3 is 5.32 Å². The standard InChI is InChI=1S/C19H33N/c1-4-7-8-9-10-14-19(20-15-5-2)18-13-11-12-17(6-3)16-18/h11-13,16,19-20H,4-10,14-15H2,1-3H3. The van der Waals surface area contributed by atoms with E-state index in [4.69, 9.17) is 0 Å². The lowest BCUT2D eigenvalue weighted by molar-refractivity contribution is 0.468. The Hall–Kier alpha value is -0.820. The zero-order valence-corrected chi connectivity index (χ0v) is 13.8. The van der Waals surface area contributed by atoms with Gasteiger partial charge in [-0.2, -0.15) is 0 Å². The summed E-state index contributed by atoms with van der Waals surface area (Å²) in [4.78, 5) is 0. The maximum absolute atomic E-state index is 3.73. The van der Waals surface area contributed by atoms with E-state index in [0.29, 0.717) is 6.04 Å². The molecule has 114 valence electrons. The second kappa shape index (κ2) is 10.9. The number of benzene rings is 1. The van der Waals surface area contributed by atoms with Crippen LogP contribution in [0.15, 0.2) is 24.3 Å². The van der Waals surface area contributed by atoms with Crippen molar-refractivity contribution in [2.24, 2.45) is 0 Å². The molecule has 1 atom stereocenters. The van der Waals surface area contributed by atoms with E-state index in [1.165, 1.54) is 56.1 Å². The molecule has 0 aliphatic carbocycles. The largest absolute Gasteiger partial charge is 0.310 e. The van der Waals surface area contributed by atoms with Gasteiger partial charge in [0.15, 0.2) is 0 Å². The molecule has 0 radical (unpaired) electrons. The molecule has 1 nitrogen and oxygen atoms in total. The van der Waals surface area contributed by atoms with E-state index in [1.807, 2.05) is 0 Å². The Bertz CT molecular complexity index is 345. The molecule has 0 saturated heterocycles. The van der Waals surface area contributed by atoms with E-state index in [2.05, 4.69) is 50.4 Å². The van der Waals surface area contributed by atoms with Crippen LogP contribution >= 0.6 is 0 Å². The average molecular weight is 275 g/mol. The van der Waals surface area contributed by atoms with Crippen LogP contribution in [0, 0.1) is 0 Å². The second-order valence-electron chi connectivity index (χ2n) is 5.81. The van der Waals surface area contributed by atoms with Crippen molar-refractivity contribution in [3.05, 3.63) is 35.4 Å². The van der Waals surface area contributed by atoms with Crippen molar-refractivity contribution in [2.45, 2.75) is 78.2 Å². The van der Waals surface area contributed by atoms with Crippen LogP contribution in [0.3, 0.4) is 0 Å². The summed E-state index contributed by atoms with van der Waals surface area (Å²) in [5.41, 5.74) is 2.94. The number of aryl methyl sites for hydroxylation is 1. The van der Waals surface area contributed by atoms with Gasteiger partial charge >= 0.3 is 0 Å². The van der Waals surface area contributed by atoms with Gasteiger partial charge in [-0.1, -0.05) is 77.1 Å². The summed E-state index contributed by atoms with van der Waals surface area (Å²) in [7, 11) is 0. The maximum Gasteiger partial charge on any atom is 0.0320 e. The number of unbranched alkanes of at least 4 members (excludes halogenated alkanes) is 4. The zero-order chi connectivity index (χ0) is 14.6. The third-order valence-corrected chi connectivity index (χ3v) is 4.00. The fourth-order valence-corrected chi connectivity index (χ4v) is 2.69. The van der Waals surface area contributed by atoms with E-state index in [1.54, 1.807) is 0 Å². The van der Waals surface area contributed by atoms with Crippen LogP contribution in [-0.4, -0.2) is 6.54 Å². The van der Waals surface area contributed by atoms with Crippen LogP contribution in [0.1, 0.15) is 82.9 Å². The first-order valence-electron chi connectivity index (χ1n) is 8.64. The van der Waals surface area contributed by atoms with Gasteiger partial charge in [0.25, 0.3) is 0 Å². The van der Waals surface area contributed by atoms with Gasteiger partial charge in [0.1, 0.15) is 0 Å². The Labute approximate surface area is 126 Å². The quantitative estimate of drug-likeness (QED) is 0.514. The normalized spacial score (nSPS) is 12.6. The molecule has 0 amide bonds. The van der Waals surface area contributed by atoms with Gasteiger partial charge in [-0.15, -0.1) is 0 Å². The molecule has 1 heteroatoms. The highest BCUT2D eigenvalue weighted by atomic mass is 14.9. The summed E-state index contributed by atoms with van der Waals surface area (Å²) in [5, 5.41) is 3.73. The summed E-state index contributed by atoms with van der Waals surface area (Å²) in [6.07, 6.45) is 10.4. The third-order valence-electron chi connectivity index (χ3n) is 4.00. The predicted octanol–water partition coefficient (Wildman–Crippen LogP) is 5.65. The fourth-order valence-electron chi connectivity index (χ4n) is 2.69. The van der Waals surface area contributed by atoms with Crippen molar-refractivity contribution >= 4 is 0 Å². The van der Waals surface area contributed by atoms with Crippen molar-refractivity contribution in [2.75, 3.05) is 6.54 Å². The molecule has 1 aromatic carbocycles. The minimum Gasteiger partial charge on any atom is -0.310 e. The Morgan fingerprint density at radius 1 is 0.950 bits per heavy atom. The predicted molar refractivity (Wildman–Crippen MR) is 90.2 cm³/mol. The molecule has 1 unspecified atom stereocenters. The SMILES string of the molecule is CCCCCCCC(NCCC)c1cccc(CC)c1. The van der Waals surface area contributed by atoms with Crippen molar-refractivity contribution in [3.63, 3.8) is 0 Å². The van der Waals surface area contributed by atoms with Crippen LogP contribution in [0.5, 0.6) is 0 Å². The average Bonchev–Trinajstić information content (AvgIpc) is 2.50. The van der Waals surface area contributed by atoms with E-state index < -0.39 is 0 Å². The highest BCUT2D eigenvalue weighted by molar-refractivity contribution is 5.26. The van der Waals surface area contributed by atoms with Gasteiger partial charge in [0.2, 0.25) is 0 Å². The molecule has 1 rings (SSSR count). The van der Waals surface area contributed by atoms with Gasteiger partial charge in [-0.3, -0.25) is 0 Å². The maximum atomic E-state index is 3.73. The molecule has 0 heterocycles. The molecule has 0 aliphatic heterocycles. The summed E-state index contributed by atoms with van der Waals surface area (Å²) in [6, 6.07) is 9.67. The summed E-state index contributed by atoms with van der Waals surface area (Å²) < 4.78 is 0. The smallest absolute Gasteiger partial charge is 0.0320 e. The lowest BCUT2D eigenvalue weighted by Gasteiger charge is -2.20. The highest BCUT2D eigenvalue weighted by Gasteiger charge is 2.10. The van der Waals surface area contributed by atoms with E-state index in [-0.39, 0.29) is 0 Å². The van der Waals surface area contributed by atoms with Crippen molar-refractivity contribution in [3.8, 4) is 0 Å². The Balaban J connectivity index is 2.53. The molecule has 0 aliphatic rings. The molecular weight excluding hydrogens is 242 g/mol. The summed E-state index contributed by atoms with van der Waals surface area (Å²) in [6.45, 7) is 7.88. The highest BCUT2D eigenvalue weighted by Crippen LogP contribution is 2.21. The molecule has 0 bridgehead atoms. The van der Waals surface area contributed by atoms with Gasteiger partial charge in [0, 0.05) is 6.04 Å². The van der Waals surface area contributed by atoms with E-state index in [9.17, 15) is 0 Å². The van der Waals surface area contributed by atoms with Crippen LogP contribution in [-0.2, 0) is 6.42 Å². The van der Waals surface area contributed by atoms with Gasteiger partial charge in [-0.05, 0) is 36.9 Å². The Morgan fingerprint density at radius 2 is 1.75 bits per heavy atom. The molecule has 0 saturated carbocycles. The number of hydrogen-bond donors (Lipinski definition) is 1. The second-order valence-corrected chi connectivity index (χ2v) is 5.81. The molecule has 1 N–H and O–H groups in total.